The Morgan fingerprint density at radius 3 is 2.29 bits per heavy atom. The fourth-order valence-electron chi connectivity index (χ4n) is 2.59. The molecule has 3 aliphatic rings. The summed E-state index contributed by atoms with van der Waals surface area (Å²) in [5.41, 5.74) is 0. The highest BCUT2D eigenvalue weighted by atomic mass is 16.9. The Kier molecular flexibility index (Phi) is 2.18. The number of hydrogen-bond acceptors (Lipinski definition) is 5. The first-order valence-corrected chi connectivity index (χ1v) is 5.84. The summed E-state index contributed by atoms with van der Waals surface area (Å²) in [6, 6.07) is 0. The van der Waals surface area contributed by atoms with Crippen molar-refractivity contribution in [2.45, 2.75) is 63.9 Å². The Morgan fingerprint density at radius 2 is 1.59 bits per heavy atom. The molecule has 0 radical (unpaired) electrons. The molecule has 3 fully saturated rings. The monoisotopic (exact) mass is 242 g/mol. The van der Waals surface area contributed by atoms with Gasteiger partial charge in [0.2, 0.25) is 5.79 Å². The molecule has 0 aromatic carbocycles. The molecular weight excluding hydrogens is 224 g/mol. The van der Waals surface area contributed by atoms with Crippen molar-refractivity contribution in [1.29, 1.82) is 0 Å². The van der Waals surface area contributed by atoms with E-state index in [0.29, 0.717) is 5.76 Å². The van der Waals surface area contributed by atoms with E-state index in [1.165, 1.54) is 0 Å². The van der Waals surface area contributed by atoms with E-state index in [-0.39, 0.29) is 18.3 Å². The molecule has 0 N–H and O–H groups in total. The highest BCUT2D eigenvalue weighted by Crippen LogP contribution is 2.44. The molecule has 0 aliphatic carbocycles. The van der Waals surface area contributed by atoms with Crippen LogP contribution in [0.3, 0.4) is 0 Å². The molecule has 3 rings (SSSR count). The Labute approximate surface area is 101 Å². The Bertz CT molecular complexity index is 362. The van der Waals surface area contributed by atoms with Crippen LogP contribution in [0, 0.1) is 0 Å². The van der Waals surface area contributed by atoms with Crippen molar-refractivity contribution in [1.82, 2.24) is 0 Å². The van der Waals surface area contributed by atoms with E-state index in [1.807, 2.05) is 27.7 Å². The average molecular weight is 242 g/mol. The van der Waals surface area contributed by atoms with Gasteiger partial charge in [0.15, 0.2) is 12.1 Å². The van der Waals surface area contributed by atoms with Gasteiger partial charge in [-0.1, -0.05) is 6.58 Å². The standard InChI is InChI=1S/C12H18O5/c1-6-7-8(15-11(2,3)14-6)9-10(13-7)17-12(4,5)16-9/h7-10H,1H2,2-5H3/t7-,8+,9?,10?/m1/s1. The summed E-state index contributed by atoms with van der Waals surface area (Å²) in [4.78, 5) is 0. The van der Waals surface area contributed by atoms with Crippen molar-refractivity contribution < 1.29 is 23.7 Å². The molecule has 0 aromatic heterocycles. The van der Waals surface area contributed by atoms with Crippen LogP contribution in [0.5, 0.6) is 0 Å². The van der Waals surface area contributed by atoms with Crippen molar-refractivity contribution in [3.8, 4) is 0 Å². The molecule has 0 aromatic rings. The third-order valence-corrected chi connectivity index (χ3v) is 3.11. The first-order chi connectivity index (χ1) is 7.77. The third-order valence-electron chi connectivity index (χ3n) is 3.11. The second-order valence-electron chi connectivity index (χ2n) is 5.58. The lowest BCUT2D eigenvalue weighted by Gasteiger charge is -2.40. The van der Waals surface area contributed by atoms with E-state index in [4.69, 9.17) is 23.7 Å². The molecule has 0 amide bonds. The number of fused-ring (bicyclic) bond motifs is 3. The molecule has 3 aliphatic heterocycles. The summed E-state index contributed by atoms with van der Waals surface area (Å²) in [6.45, 7) is 11.3. The zero-order chi connectivity index (χ0) is 12.4. The largest absolute Gasteiger partial charge is 0.465 e. The van der Waals surface area contributed by atoms with Crippen molar-refractivity contribution in [2.75, 3.05) is 0 Å². The highest BCUT2D eigenvalue weighted by Gasteiger charge is 2.59. The van der Waals surface area contributed by atoms with Gasteiger partial charge in [-0.25, -0.2) is 0 Å². The zero-order valence-electron chi connectivity index (χ0n) is 10.6. The molecule has 17 heavy (non-hydrogen) atoms. The van der Waals surface area contributed by atoms with E-state index in [1.54, 1.807) is 0 Å². The van der Waals surface area contributed by atoms with Crippen LogP contribution in [0.15, 0.2) is 12.3 Å². The van der Waals surface area contributed by atoms with Gasteiger partial charge in [0, 0.05) is 13.8 Å². The molecule has 3 saturated heterocycles. The quantitative estimate of drug-likeness (QED) is 0.644. The fourth-order valence-corrected chi connectivity index (χ4v) is 2.59. The van der Waals surface area contributed by atoms with E-state index in [9.17, 15) is 0 Å². The van der Waals surface area contributed by atoms with Crippen molar-refractivity contribution in [3.63, 3.8) is 0 Å². The lowest BCUT2D eigenvalue weighted by atomic mass is 10.1. The van der Waals surface area contributed by atoms with E-state index < -0.39 is 17.9 Å². The molecule has 2 unspecified atom stereocenters. The summed E-state index contributed by atoms with van der Waals surface area (Å²) in [5, 5.41) is 0. The molecule has 0 spiro atoms. The van der Waals surface area contributed by atoms with Crippen LogP contribution >= 0.6 is 0 Å². The van der Waals surface area contributed by atoms with Crippen LogP contribution in [0.1, 0.15) is 27.7 Å². The van der Waals surface area contributed by atoms with E-state index in [0.717, 1.165) is 0 Å². The summed E-state index contributed by atoms with van der Waals surface area (Å²) in [6.07, 6.45) is -1.17. The summed E-state index contributed by atoms with van der Waals surface area (Å²) < 4.78 is 28.6. The first-order valence-electron chi connectivity index (χ1n) is 5.84. The van der Waals surface area contributed by atoms with Crippen molar-refractivity contribution >= 4 is 0 Å². The molecule has 5 nitrogen and oxygen atoms in total. The van der Waals surface area contributed by atoms with Gasteiger partial charge in [-0.15, -0.1) is 0 Å². The molecule has 96 valence electrons. The maximum absolute atomic E-state index is 5.86. The average Bonchev–Trinajstić information content (AvgIpc) is 2.58. The van der Waals surface area contributed by atoms with Gasteiger partial charge >= 0.3 is 0 Å². The summed E-state index contributed by atoms with van der Waals surface area (Å²) in [5.74, 6) is -0.759. The van der Waals surface area contributed by atoms with Crippen LogP contribution in [-0.4, -0.2) is 36.2 Å². The lowest BCUT2D eigenvalue weighted by Crippen LogP contribution is -2.49. The predicted octanol–water partition coefficient (Wildman–Crippen LogP) is 1.53. The molecule has 3 heterocycles. The smallest absolute Gasteiger partial charge is 0.204 e. The minimum absolute atomic E-state index is 0.224. The maximum Gasteiger partial charge on any atom is 0.204 e. The molecule has 5 heteroatoms. The summed E-state index contributed by atoms with van der Waals surface area (Å²) >= 11 is 0. The molecule has 0 saturated carbocycles. The molecule has 4 atom stereocenters. The second-order valence-corrected chi connectivity index (χ2v) is 5.58. The van der Waals surface area contributed by atoms with Crippen molar-refractivity contribution in [3.05, 3.63) is 12.3 Å². The third kappa shape index (κ3) is 1.78. The van der Waals surface area contributed by atoms with Gasteiger partial charge in [-0.2, -0.15) is 0 Å². The minimum Gasteiger partial charge on any atom is -0.465 e. The Morgan fingerprint density at radius 1 is 0.941 bits per heavy atom. The van der Waals surface area contributed by atoms with Gasteiger partial charge in [0.05, 0.1) is 0 Å². The predicted molar refractivity (Wildman–Crippen MR) is 57.9 cm³/mol. The highest BCUT2D eigenvalue weighted by molar-refractivity contribution is 5.10. The van der Waals surface area contributed by atoms with Crippen LogP contribution < -0.4 is 0 Å². The SMILES string of the molecule is C=C1OC(C)(C)O[C@@H]2C3OC(C)(C)OC3O[C@H]12. The van der Waals surface area contributed by atoms with Crippen LogP contribution in [-0.2, 0) is 23.7 Å². The van der Waals surface area contributed by atoms with Crippen molar-refractivity contribution in [2.24, 2.45) is 0 Å². The van der Waals surface area contributed by atoms with Gasteiger partial charge in [-0.05, 0) is 13.8 Å². The Hall–Kier alpha value is -0.620. The normalized spacial score (nSPS) is 46.2. The van der Waals surface area contributed by atoms with Crippen LogP contribution in [0.25, 0.3) is 0 Å². The maximum atomic E-state index is 5.86. The number of hydrogen-bond donors (Lipinski definition) is 0. The first kappa shape index (κ1) is 11.5. The van der Waals surface area contributed by atoms with E-state index >= 15 is 0 Å². The topological polar surface area (TPSA) is 46.2 Å². The minimum atomic E-state index is -0.702. The van der Waals surface area contributed by atoms with E-state index in [2.05, 4.69) is 6.58 Å². The number of rotatable bonds is 0. The Balaban J connectivity index is 1.85. The molecular formula is C12H18O5. The van der Waals surface area contributed by atoms with Crippen LogP contribution in [0.2, 0.25) is 0 Å². The fraction of sp³-hybridized carbons (Fsp3) is 0.833. The number of ether oxygens (including phenoxy) is 5. The lowest BCUT2D eigenvalue weighted by molar-refractivity contribution is -0.295. The molecule has 0 bridgehead atoms. The van der Waals surface area contributed by atoms with Gasteiger partial charge < -0.3 is 23.7 Å². The van der Waals surface area contributed by atoms with Gasteiger partial charge in [0.1, 0.15) is 24.1 Å². The van der Waals surface area contributed by atoms with Gasteiger partial charge in [0.25, 0.3) is 0 Å². The summed E-state index contributed by atoms with van der Waals surface area (Å²) in [7, 11) is 0. The zero-order valence-corrected chi connectivity index (χ0v) is 10.6. The van der Waals surface area contributed by atoms with Crippen LogP contribution in [0.4, 0.5) is 0 Å². The second kappa shape index (κ2) is 3.23. The van der Waals surface area contributed by atoms with Gasteiger partial charge in [-0.3, -0.25) is 0 Å².